The van der Waals surface area contributed by atoms with Gasteiger partial charge >= 0.3 is 0 Å². The van der Waals surface area contributed by atoms with Gasteiger partial charge in [-0.05, 0) is 36.4 Å². The minimum atomic E-state index is -0.270. The normalized spacial score (nSPS) is 9.93. The minimum Gasteiger partial charge on any atom is -0.496 e. The van der Waals surface area contributed by atoms with Crippen molar-refractivity contribution >= 4 is 17.3 Å². The second kappa shape index (κ2) is 8.50. The maximum atomic E-state index is 12.4. The molecule has 6 nitrogen and oxygen atoms in total. The highest BCUT2D eigenvalue weighted by molar-refractivity contribution is 6.04. The Morgan fingerprint density at radius 1 is 1.11 bits per heavy atom. The van der Waals surface area contributed by atoms with Crippen molar-refractivity contribution in [3.63, 3.8) is 0 Å². The highest BCUT2D eigenvalue weighted by Gasteiger charge is 2.08. The molecule has 0 spiro atoms. The van der Waals surface area contributed by atoms with Crippen molar-refractivity contribution < 1.29 is 9.53 Å². The van der Waals surface area contributed by atoms with Crippen LogP contribution in [0.1, 0.15) is 21.5 Å². The zero-order valence-corrected chi connectivity index (χ0v) is 14.8. The number of nitrogens with one attached hydrogen (secondary N) is 2. The van der Waals surface area contributed by atoms with E-state index in [9.17, 15) is 4.79 Å². The van der Waals surface area contributed by atoms with E-state index >= 15 is 0 Å². The number of nitrogens with zero attached hydrogens (tertiary/aromatic N) is 2. The Hall–Kier alpha value is -3.85. The van der Waals surface area contributed by atoms with Crippen LogP contribution in [0.2, 0.25) is 0 Å². The number of para-hydroxylation sites is 1. The summed E-state index contributed by atoms with van der Waals surface area (Å²) < 4.78 is 5.34. The van der Waals surface area contributed by atoms with Crippen LogP contribution in [0.4, 0.5) is 11.4 Å². The van der Waals surface area contributed by atoms with Crippen molar-refractivity contribution in [2.24, 2.45) is 0 Å². The van der Waals surface area contributed by atoms with Crippen LogP contribution in [-0.2, 0) is 6.54 Å². The van der Waals surface area contributed by atoms with Gasteiger partial charge in [0.1, 0.15) is 5.75 Å². The Balaban J connectivity index is 1.67. The maximum Gasteiger partial charge on any atom is 0.257 e. The third-order valence-corrected chi connectivity index (χ3v) is 3.95. The summed E-state index contributed by atoms with van der Waals surface area (Å²) in [6.07, 6.45) is 3.17. The topological polar surface area (TPSA) is 87.0 Å². The molecule has 0 bridgehead atoms. The van der Waals surface area contributed by atoms with Crippen molar-refractivity contribution in [1.29, 1.82) is 5.26 Å². The van der Waals surface area contributed by atoms with E-state index < -0.39 is 0 Å². The number of aromatic nitrogens is 1. The number of carbonyl (C=O) groups is 1. The van der Waals surface area contributed by atoms with Gasteiger partial charge in [-0.15, -0.1) is 0 Å². The van der Waals surface area contributed by atoms with Crippen molar-refractivity contribution in [1.82, 2.24) is 4.98 Å². The molecule has 0 atom stereocenters. The Morgan fingerprint density at radius 3 is 2.63 bits per heavy atom. The van der Waals surface area contributed by atoms with Gasteiger partial charge in [0.25, 0.3) is 5.91 Å². The lowest BCUT2D eigenvalue weighted by Crippen LogP contribution is -2.13. The van der Waals surface area contributed by atoms with E-state index in [4.69, 9.17) is 10.00 Å². The predicted octanol–water partition coefficient (Wildman–Crippen LogP) is 3.83. The predicted molar refractivity (Wildman–Crippen MR) is 104 cm³/mol. The zero-order valence-electron chi connectivity index (χ0n) is 14.8. The Morgan fingerprint density at radius 2 is 1.89 bits per heavy atom. The molecule has 27 heavy (non-hydrogen) atoms. The first-order valence-electron chi connectivity index (χ1n) is 8.32. The van der Waals surface area contributed by atoms with E-state index in [1.165, 1.54) is 6.20 Å². The van der Waals surface area contributed by atoms with Gasteiger partial charge in [0.05, 0.1) is 30.0 Å². The molecule has 6 heteroatoms. The largest absolute Gasteiger partial charge is 0.496 e. The molecule has 3 rings (SSSR count). The maximum absolute atomic E-state index is 12.4. The molecular formula is C21H18N4O2. The van der Waals surface area contributed by atoms with Crippen LogP contribution in [-0.4, -0.2) is 18.0 Å². The van der Waals surface area contributed by atoms with Crippen LogP contribution < -0.4 is 15.4 Å². The number of rotatable bonds is 6. The summed E-state index contributed by atoms with van der Waals surface area (Å²) in [6.45, 7) is 0.548. The molecule has 3 aromatic rings. The van der Waals surface area contributed by atoms with E-state index in [2.05, 4.69) is 15.6 Å². The van der Waals surface area contributed by atoms with Gasteiger partial charge < -0.3 is 15.4 Å². The summed E-state index contributed by atoms with van der Waals surface area (Å²) in [5.74, 6) is 0.529. The quantitative estimate of drug-likeness (QED) is 0.699. The van der Waals surface area contributed by atoms with Gasteiger partial charge in [0.2, 0.25) is 0 Å². The average molecular weight is 358 g/mol. The van der Waals surface area contributed by atoms with E-state index in [0.29, 0.717) is 23.4 Å². The number of anilines is 2. The molecule has 1 amide bonds. The fourth-order valence-corrected chi connectivity index (χ4v) is 2.54. The summed E-state index contributed by atoms with van der Waals surface area (Å²) in [7, 11) is 1.63. The molecule has 0 aliphatic carbocycles. The van der Waals surface area contributed by atoms with Crippen molar-refractivity contribution in [3.05, 3.63) is 83.7 Å². The van der Waals surface area contributed by atoms with Crippen LogP contribution in [0.25, 0.3) is 0 Å². The highest BCUT2D eigenvalue weighted by atomic mass is 16.5. The van der Waals surface area contributed by atoms with E-state index in [-0.39, 0.29) is 5.91 Å². The molecule has 0 radical (unpaired) electrons. The number of methoxy groups -OCH3 is 1. The molecule has 0 aliphatic rings. The van der Waals surface area contributed by atoms with Gasteiger partial charge in [-0.3, -0.25) is 9.78 Å². The number of amides is 1. The van der Waals surface area contributed by atoms with E-state index in [1.54, 1.807) is 43.6 Å². The standard InChI is InChI=1S/C21H18N4O2/c1-27-20-5-3-2-4-16(20)13-24-19-10-17(12-23-14-19)21(26)25-18-8-6-15(11-22)7-9-18/h2-10,12,14,24H,13H2,1H3,(H,25,26). The van der Waals surface area contributed by atoms with Gasteiger partial charge in [-0.1, -0.05) is 18.2 Å². The SMILES string of the molecule is COc1ccccc1CNc1cncc(C(=O)Nc2ccc(C#N)cc2)c1. The number of pyridine rings is 1. The lowest BCUT2D eigenvalue weighted by atomic mass is 10.2. The molecule has 0 saturated heterocycles. The molecular weight excluding hydrogens is 340 g/mol. The van der Waals surface area contributed by atoms with Crippen molar-refractivity contribution in [2.45, 2.75) is 6.54 Å². The molecule has 0 saturated carbocycles. The summed E-state index contributed by atoms with van der Waals surface area (Å²) >= 11 is 0. The fraction of sp³-hybridized carbons (Fsp3) is 0.0952. The number of carbonyl (C=O) groups excluding carboxylic acids is 1. The molecule has 0 unspecified atom stereocenters. The van der Waals surface area contributed by atoms with Crippen LogP contribution >= 0.6 is 0 Å². The van der Waals surface area contributed by atoms with Gasteiger partial charge in [-0.25, -0.2) is 0 Å². The third kappa shape index (κ3) is 4.61. The summed E-state index contributed by atoms with van der Waals surface area (Å²) in [5, 5.41) is 14.9. The lowest BCUT2D eigenvalue weighted by Gasteiger charge is -2.11. The van der Waals surface area contributed by atoms with Gasteiger partial charge in [-0.2, -0.15) is 5.26 Å². The average Bonchev–Trinajstić information content (AvgIpc) is 2.73. The summed E-state index contributed by atoms with van der Waals surface area (Å²) in [5.41, 5.74) is 3.33. The number of hydrogen-bond donors (Lipinski definition) is 2. The molecule has 1 heterocycles. The number of hydrogen-bond acceptors (Lipinski definition) is 5. The van der Waals surface area contributed by atoms with E-state index in [0.717, 1.165) is 17.0 Å². The molecule has 2 N–H and O–H groups in total. The lowest BCUT2D eigenvalue weighted by molar-refractivity contribution is 0.102. The van der Waals surface area contributed by atoms with Gasteiger partial charge in [0.15, 0.2) is 0 Å². The zero-order chi connectivity index (χ0) is 19.1. The molecule has 1 aromatic heterocycles. The smallest absolute Gasteiger partial charge is 0.257 e. The van der Waals surface area contributed by atoms with Crippen molar-refractivity contribution in [2.75, 3.05) is 17.7 Å². The first kappa shape index (κ1) is 18.0. The molecule has 2 aromatic carbocycles. The third-order valence-electron chi connectivity index (χ3n) is 3.95. The molecule has 134 valence electrons. The van der Waals surface area contributed by atoms with E-state index in [1.807, 2.05) is 30.3 Å². The van der Waals surface area contributed by atoms with Crippen molar-refractivity contribution in [3.8, 4) is 11.8 Å². The van der Waals surface area contributed by atoms with Crippen LogP contribution in [0.3, 0.4) is 0 Å². The monoisotopic (exact) mass is 358 g/mol. The first-order chi connectivity index (χ1) is 13.2. The number of ether oxygens (including phenoxy) is 1. The van der Waals surface area contributed by atoms with Gasteiger partial charge in [0, 0.05) is 30.2 Å². The Bertz CT molecular complexity index is 978. The van der Waals surface area contributed by atoms with Crippen LogP contribution in [0.5, 0.6) is 5.75 Å². The Kier molecular flexibility index (Phi) is 5.65. The molecule has 0 fully saturated rings. The number of nitriles is 1. The Labute approximate surface area is 157 Å². The van der Waals surface area contributed by atoms with Crippen LogP contribution in [0.15, 0.2) is 67.0 Å². The highest BCUT2D eigenvalue weighted by Crippen LogP contribution is 2.19. The number of benzene rings is 2. The first-order valence-corrected chi connectivity index (χ1v) is 8.32. The molecule has 0 aliphatic heterocycles. The minimum absolute atomic E-state index is 0.270. The fourth-order valence-electron chi connectivity index (χ4n) is 2.54. The summed E-state index contributed by atoms with van der Waals surface area (Å²) in [4.78, 5) is 16.6. The second-order valence-electron chi connectivity index (χ2n) is 5.77. The second-order valence-corrected chi connectivity index (χ2v) is 5.77. The van der Waals surface area contributed by atoms with Crippen LogP contribution in [0, 0.1) is 11.3 Å². The summed E-state index contributed by atoms with van der Waals surface area (Å²) in [6, 6.07) is 18.2.